The second-order valence-electron chi connectivity index (χ2n) is 3.84. The Hall–Kier alpha value is -0.780. The van der Waals surface area contributed by atoms with Crippen LogP contribution in [0.1, 0.15) is 31.7 Å². The fraction of sp³-hybridized carbons (Fsp3) is 0.385. The summed E-state index contributed by atoms with van der Waals surface area (Å²) in [5.74, 6) is 2.58. The third-order valence-corrected chi connectivity index (χ3v) is 2.98. The summed E-state index contributed by atoms with van der Waals surface area (Å²) in [5, 5.41) is 10.2. The summed E-state index contributed by atoms with van der Waals surface area (Å²) in [6.07, 6.45) is 7.43. The standard InChI is InChI=1S/C13H15BrO/c1-3-4-5-10-13(2,15)11-6-8-12(14)9-7-11/h1,6-9,15H,4-5,10H2,2H3. The van der Waals surface area contributed by atoms with E-state index in [0.717, 1.165) is 16.5 Å². The van der Waals surface area contributed by atoms with Crippen LogP contribution in [-0.4, -0.2) is 5.11 Å². The number of terminal acetylenes is 1. The van der Waals surface area contributed by atoms with Crippen LogP contribution in [0.15, 0.2) is 28.7 Å². The molecule has 2 heteroatoms. The Kier molecular flexibility index (Phi) is 4.38. The van der Waals surface area contributed by atoms with Gasteiger partial charge in [0.2, 0.25) is 0 Å². The highest BCUT2D eigenvalue weighted by atomic mass is 79.9. The number of aliphatic hydroxyl groups is 1. The van der Waals surface area contributed by atoms with Crippen LogP contribution < -0.4 is 0 Å². The molecular weight excluding hydrogens is 252 g/mol. The van der Waals surface area contributed by atoms with Crippen molar-refractivity contribution in [3.05, 3.63) is 34.3 Å². The van der Waals surface area contributed by atoms with E-state index >= 15 is 0 Å². The minimum absolute atomic E-state index is 0.693. The van der Waals surface area contributed by atoms with Crippen molar-refractivity contribution in [2.75, 3.05) is 0 Å². The van der Waals surface area contributed by atoms with E-state index in [1.54, 1.807) is 0 Å². The highest BCUT2D eigenvalue weighted by Crippen LogP contribution is 2.27. The summed E-state index contributed by atoms with van der Waals surface area (Å²) >= 11 is 3.37. The molecule has 0 amide bonds. The van der Waals surface area contributed by atoms with E-state index in [-0.39, 0.29) is 0 Å². The molecule has 1 nitrogen and oxygen atoms in total. The van der Waals surface area contributed by atoms with Gasteiger partial charge in [-0.15, -0.1) is 12.3 Å². The SMILES string of the molecule is C#CCCCC(C)(O)c1ccc(Br)cc1. The third kappa shape index (κ3) is 3.70. The quantitative estimate of drug-likeness (QED) is 0.654. The lowest BCUT2D eigenvalue weighted by Gasteiger charge is -2.23. The van der Waals surface area contributed by atoms with Crippen molar-refractivity contribution in [1.82, 2.24) is 0 Å². The predicted molar refractivity (Wildman–Crippen MR) is 66.4 cm³/mol. The Bertz CT molecular complexity index is 346. The largest absolute Gasteiger partial charge is 0.385 e. The summed E-state index contributed by atoms with van der Waals surface area (Å²) in [6.45, 7) is 1.83. The zero-order valence-electron chi connectivity index (χ0n) is 8.83. The summed E-state index contributed by atoms with van der Waals surface area (Å²) < 4.78 is 1.02. The molecule has 0 heterocycles. The van der Waals surface area contributed by atoms with Crippen LogP contribution in [0.25, 0.3) is 0 Å². The number of unbranched alkanes of at least 4 members (excludes halogenated alkanes) is 1. The molecule has 1 unspecified atom stereocenters. The smallest absolute Gasteiger partial charge is 0.0868 e. The summed E-state index contributed by atoms with van der Waals surface area (Å²) in [7, 11) is 0. The average molecular weight is 267 g/mol. The molecule has 0 spiro atoms. The molecule has 0 bridgehead atoms. The van der Waals surface area contributed by atoms with Gasteiger partial charge < -0.3 is 5.11 Å². The van der Waals surface area contributed by atoms with Crippen LogP contribution in [-0.2, 0) is 5.60 Å². The fourth-order valence-corrected chi connectivity index (χ4v) is 1.75. The summed E-state index contributed by atoms with van der Waals surface area (Å²) in [5.41, 5.74) is 0.153. The van der Waals surface area contributed by atoms with Crippen molar-refractivity contribution in [3.63, 3.8) is 0 Å². The second kappa shape index (κ2) is 5.34. The topological polar surface area (TPSA) is 20.2 Å². The van der Waals surface area contributed by atoms with Crippen LogP contribution in [0.3, 0.4) is 0 Å². The lowest BCUT2D eigenvalue weighted by Crippen LogP contribution is -2.20. The van der Waals surface area contributed by atoms with Gasteiger partial charge >= 0.3 is 0 Å². The van der Waals surface area contributed by atoms with Crippen molar-refractivity contribution in [1.29, 1.82) is 0 Å². The zero-order chi connectivity index (χ0) is 11.3. The maximum atomic E-state index is 10.2. The van der Waals surface area contributed by atoms with Gasteiger partial charge in [-0.25, -0.2) is 0 Å². The Morgan fingerprint density at radius 2 is 2.00 bits per heavy atom. The first-order valence-corrected chi connectivity index (χ1v) is 5.77. The number of hydrogen-bond acceptors (Lipinski definition) is 1. The van der Waals surface area contributed by atoms with Crippen LogP contribution in [0.2, 0.25) is 0 Å². The van der Waals surface area contributed by atoms with Gasteiger partial charge in [0, 0.05) is 10.9 Å². The van der Waals surface area contributed by atoms with Crippen LogP contribution in [0.4, 0.5) is 0 Å². The maximum absolute atomic E-state index is 10.2. The van der Waals surface area contributed by atoms with Crippen LogP contribution in [0.5, 0.6) is 0 Å². The molecular formula is C13H15BrO. The molecule has 80 valence electrons. The molecule has 0 aliphatic heterocycles. The Morgan fingerprint density at radius 1 is 1.40 bits per heavy atom. The molecule has 1 aromatic carbocycles. The van der Waals surface area contributed by atoms with Gasteiger partial charge in [-0.05, 0) is 37.5 Å². The van der Waals surface area contributed by atoms with Gasteiger partial charge in [-0.2, -0.15) is 0 Å². The first-order chi connectivity index (χ1) is 7.06. The third-order valence-electron chi connectivity index (χ3n) is 2.45. The molecule has 1 aromatic rings. The minimum atomic E-state index is -0.780. The molecule has 0 aliphatic carbocycles. The second-order valence-corrected chi connectivity index (χ2v) is 4.75. The van der Waals surface area contributed by atoms with Crippen molar-refractivity contribution in [2.24, 2.45) is 0 Å². The van der Waals surface area contributed by atoms with Crippen molar-refractivity contribution >= 4 is 15.9 Å². The van der Waals surface area contributed by atoms with Gasteiger partial charge in [-0.1, -0.05) is 28.1 Å². The number of rotatable bonds is 4. The van der Waals surface area contributed by atoms with Crippen molar-refractivity contribution in [3.8, 4) is 12.3 Å². The molecule has 15 heavy (non-hydrogen) atoms. The highest BCUT2D eigenvalue weighted by molar-refractivity contribution is 9.10. The van der Waals surface area contributed by atoms with Crippen molar-refractivity contribution < 1.29 is 5.11 Å². The summed E-state index contributed by atoms with van der Waals surface area (Å²) in [6, 6.07) is 7.73. The number of halogens is 1. The van der Waals surface area contributed by atoms with Crippen LogP contribution in [0, 0.1) is 12.3 Å². The van der Waals surface area contributed by atoms with E-state index in [1.165, 1.54) is 0 Å². The van der Waals surface area contributed by atoms with Gasteiger partial charge in [0.15, 0.2) is 0 Å². The molecule has 1 N–H and O–H groups in total. The summed E-state index contributed by atoms with van der Waals surface area (Å²) in [4.78, 5) is 0. The Morgan fingerprint density at radius 3 is 2.53 bits per heavy atom. The van der Waals surface area contributed by atoms with Crippen molar-refractivity contribution in [2.45, 2.75) is 31.8 Å². The van der Waals surface area contributed by atoms with E-state index in [2.05, 4.69) is 21.9 Å². The van der Waals surface area contributed by atoms with E-state index < -0.39 is 5.60 Å². The zero-order valence-corrected chi connectivity index (χ0v) is 10.4. The average Bonchev–Trinajstić information content (AvgIpc) is 2.18. The Balaban J connectivity index is 2.68. The number of hydrogen-bond donors (Lipinski definition) is 1. The molecule has 1 rings (SSSR count). The first-order valence-electron chi connectivity index (χ1n) is 4.98. The van der Waals surface area contributed by atoms with E-state index in [9.17, 15) is 5.11 Å². The molecule has 0 fully saturated rings. The highest BCUT2D eigenvalue weighted by Gasteiger charge is 2.21. The predicted octanol–water partition coefficient (Wildman–Crippen LogP) is 3.46. The Labute approximate surface area is 99.6 Å². The van der Waals surface area contributed by atoms with Gasteiger partial charge in [0.05, 0.1) is 5.60 Å². The van der Waals surface area contributed by atoms with E-state index in [0.29, 0.717) is 12.8 Å². The fourth-order valence-electron chi connectivity index (χ4n) is 1.49. The van der Waals surface area contributed by atoms with E-state index in [1.807, 2.05) is 31.2 Å². The monoisotopic (exact) mass is 266 g/mol. The lowest BCUT2D eigenvalue weighted by molar-refractivity contribution is 0.0460. The lowest BCUT2D eigenvalue weighted by atomic mass is 9.91. The van der Waals surface area contributed by atoms with Gasteiger partial charge in [0.1, 0.15) is 0 Å². The first kappa shape index (κ1) is 12.3. The molecule has 0 radical (unpaired) electrons. The minimum Gasteiger partial charge on any atom is -0.385 e. The van der Waals surface area contributed by atoms with Gasteiger partial charge in [0.25, 0.3) is 0 Å². The molecule has 1 atom stereocenters. The number of benzene rings is 1. The normalized spacial score (nSPS) is 14.3. The molecule has 0 saturated carbocycles. The molecule has 0 aromatic heterocycles. The van der Waals surface area contributed by atoms with Gasteiger partial charge in [-0.3, -0.25) is 0 Å². The van der Waals surface area contributed by atoms with E-state index in [4.69, 9.17) is 6.42 Å². The molecule has 0 saturated heterocycles. The van der Waals surface area contributed by atoms with Crippen LogP contribution >= 0.6 is 15.9 Å². The maximum Gasteiger partial charge on any atom is 0.0868 e. The molecule has 0 aliphatic rings.